The van der Waals surface area contributed by atoms with Crippen LogP contribution in [-0.2, 0) is 4.79 Å². The zero-order valence-corrected chi connectivity index (χ0v) is 12.0. The number of nitriles is 1. The number of unbranched alkanes of at least 4 members (excludes halogenated alkanes) is 1. The number of nitrogens with zero attached hydrogens (tertiary/aromatic N) is 2. The van der Waals surface area contributed by atoms with Crippen LogP contribution in [-0.4, -0.2) is 24.1 Å². The number of amides is 1. The van der Waals surface area contributed by atoms with E-state index in [-0.39, 0.29) is 6.54 Å². The molecule has 0 radical (unpaired) electrons. The van der Waals surface area contributed by atoms with Gasteiger partial charge in [0.25, 0.3) is 0 Å². The molecule has 1 aromatic carbocycles. The summed E-state index contributed by atoms with van der Waals surface area (Å²) in [7, 11) is 0. The van der Waals surface area contributed by atoms with Crippen molar-refractivity contribution in [1.82, 2.24) is 0 Å². The van der Waals surface area contributed by atoms with Crippen LogP contribution in [0.15, 0.2) is 18.2 Å². The summed E-state index contributed by atoms with van der Waals surface area (Å²) in [4.78, 5) is 13.1. The molecule has 0 bridgehead atoms. The van der Waals surface area contributed by atoms with E-state index in [0.29, 0.717) is 23.4 Å². The Hall–Kier alpha value is -2.06. The van der Waals surface area contributed by atoms with Gasteiger partial charge in [0.2, 0.25) is 5.91 Å². The third-order valence-corrected chi connectivity index (χ3v) is 3.08. The fraction of sp³-hybridized carbons (Fsp3) is 0.467. The Morgan fingerprint density at radius 2 is 2.25 bits per heavy atom. The van der Waals surface area contributed by atoms with Crippen LogP contribution in [0, 0.1) is 11.3 Å². The second-order valence-corrected chi connectivity index (χ2v) is 4.80. The van der Waals surface area contributed by atoms with E-state index < -0.39 is 12.0 Å². The van der Waals surface area contributed by atoms with Crippen LogP contribution in [0.4, 0.5) is 5.69 Å². The van der Waals surface area contributed by atoms with Gasteiger partial charge in [-0.05, 0) is 25.5 Å². The monoisotopic (exact) mass is 275 g/mol. The lowest BCUT2D eigenvalue weighted by Crippen LogP contribution is -2.35. The van der Waals surface area contributed by atoms with Crippen LogP contribution in [0.1, 0.15) is 43.9 Å². The van der Waals surface area contributed by atoms with Gasteiger partial charge in [-0.2, -0.15) is 5.26 Å². The second-order valence-electron chi connectivity index (χ2n) is 4.80. The number of primary amides is 1. The molecule has 0 saturated carbocycles. The normalized spacial score (nSPS) is 11.7. The molecule has 108 valence electrons. The van der Waals surface area contributed by atoms with Crippen molar-refractivity contribution in [1.29, 1.82) is 5.26 Å². The molecule has 0 heterocycles. The Balaban J connectivity index is 3.20. The van der Waals surface area contributed by atoms with Gasteiger partial charge < -0.3 is 15.7 Å². The molecule has 5 heteroatoms. The van der Waals surface area contributed by atoms with Gasteiger partial charge in [-0.25, -0.2) is 0 Å². The number of hydrogen-bond donors (Lipinski definition) is 2. The minimum atomic E-state index is -0.672. The number of hydrogen-bond acceptors (Lipinski definition) is 4. The number of carbonyl (C=O) groups is 1. The highest BCUT2D eigenvalue weighted by atomic mass is 16.3. The molecule has 0 aliphatic heterocycles. The van der Waals surface area contributed by atoms with E-state index in [2.05, 4.69) is 13.0 Å². The third-order valence-electron chi connectivity index (χ3n) is 3.08. The lowest BCUT2D eigenvalue weighted by Gasteiger charge is -2.27. The maximum Gasteiger partial charge on any atom is 0.236 e. The van der Waals surface area contributed by atoms with E-state index in [4.69, 9.17) is 11.0 Å². The molecule has 0 aliphatic carbocycles. The molecule has 1 rings (SSSR count). The van der Waals surface area contributed by atoms with Crippen molar-refractivity contribution in [3.8, 4) is 6.07 Å². The highest BCUT2D eigenvalue weighted by molar-refractivity contribution is 5.80. The summed E-state index contributed by atoms with van der Waals surface area (Å²) in [6.45, 7) is 4.46. The van der Waals surface area contributed by atoms with Crippen LogP contribution in [0.3, 0.4) is 0 Å². The smallest absolute Gasteiger partial charge is 0.236 e. The fourth-order valence-electron chi connectivity index (χ4n) is 2.06. The molecule has 0 aliphatic rings. The average molecular weight is 275 g/mol. The molecule has 1 unspecified atom stereocenters. The zero-order chi connectivity index (χ0) is 15.1. The first-order valence-electron chi connectivity index (χ1n) is 6.75. The number of benzene rings is 1. The van der Waals surface area contributed by atoms with E-state index in [9.17, 15) is 9.90 Å². The summed E-state index contributed by atoms with van der Waals surface area (Å²) in [6, 6.07) is 7.15. The second kappa shape index (κ2) is 7.51. The minimum absolute atomic E-state index is 0.0780. The Morgan fingerprint density at radius 1 is 1.55 bits per heavy atom. The Labute approximate surface area is 119 Å². The van der Waals surface area contributed by atoms with Crippen molar-refractivity contribution in [3.63, 3.8) is 0 Å². The van der Waals surface area contributed by atoms with Gasteiger partial charge in [0.05, 0.1) is 24.3 Å². The third kappa shape index (κ3) is 4.25. The van der Waals surface area contributed by atoms with Crippen molar-refractivity contribution in [2.75, 3.05) is 18.0 Å². The number of nitrogens with two attached hydrogens (primary N) is 1. The predicted octanol–water partition coefficient (Wildman–Crippen LogP) is 1.70. The summed E-state index contributed by atoms with van der Waals surface area (Å²) in [5.74, 6) is -0.431. The summed E-state index contributed by atoms with van der Waals surface area (Å²) < 4.78 is 0. The minimum Gasteiger partial charge on any atom is -0.389 e. The van der Waals surface area contributed by atoms with Gasteiger partial charge in [0, 0.05) is 17.8 Å². The quantitative estimate of drug-likeness (QED) is 0.792. The molecule has 0 spiro atoms. The summed E-state index contributed by atoms with van der Waals surface area (Å²) in [5.41, 5.74) is 7.18. The van der Waals surface area contributed by atoms with E-state index in [1.54, 1.807) is 25.1 Å². The molecule has 5 nitrogen and oxygen atoms in total. The van der Waals surface area contributed by atoms with Crippen LogP contribution in [0.5, 0.6) is 0 Å². The summed E-state index contributed by atoms with van der Waals surface area (Å²) >= 11 is 0. The number of anilines is 1. The van der Waals surface area contributed by atoms with Gasteiger partial charge >= 0.3 is 0 Å². The maximum absolute atomic E-state index is 11.2. The molecule has 1 aromatic rings. The van der Waals surface area contributed by atoms with Gasteiger partial charge in [0.15, 0.2) is 0 Å². The lowest BCUT2D eigenvalue weighted by atomic mass is 10.0. The Bertz CT molecular complexity index is 506. The fourth-order valence-corrected chi connectivity index (χ4v) is 2.06. The van der Waals surface area contributed by atoms with Crippen LogP contribution in [0.25, 0.3) is 0 Å². The van der Waals surface area contributed by atoms with Crippen molar-refractivity contribution < 1.29 is 9.90 Å². The van der Waals surface area contributed by atoms with Crippen molar-refractivity contribution in [2.24, 2.45) is 5.73 Å². The molecule has 0 fully saturated rings. The maximum atomic E-state index is 11.2. The molecule has 0 aromatic heterocycles. The van der Waals surface area contributed by atoms with E-state index in [1.807, 2.05) is 4.90 Å². The number of aliphatic hydroxyl groups is 1. The van der Waals surface area contributed by atoms with Crippen LogP contribution >= 0.6 is 0 Å². The number of carbonyl (C=O) groups excluding carboxylic acids is 1. The Kier molecular flexibility index (Phi) is 6.01. The molecular formula is C15H21N3O2. The SMILES string of the molecule is CCCCN(CC(N)=O)c1cc(C#N)ccc1C(C)O. The topological polar surface area (TPSA) is 90.4 Å². The number of rotatable bonds is 7. The molecule has 1 amide bonds. The van der Waals surface area contributed by atoms with E-state index in [0.717, 1.165) is 12.8 Å². The summed E-state index contributed by atoms with van der Waals surface area (Å²) in [5, 5.41) is 18.9. The first-order chi connectivity index (χ1) is 9.49. The first kappa shape index (κ1) is 16.0. The van der Waals surface area contributed by atoms with Gasteiger partial charge in [-0.3, -0.25) is 4.79 Å². The first-order valence-corrected chi connectivity index (χ1v) is 6.75. The van der Waals surface area contributed by atoms with E-state index in [1.165, 1.54) is 0 Å². The van der Waals surface area contributed by atoms with Crippen LogP contribution < -0.4 is 10.6 Å². The van der Waals surface area contributed by atoms with Gasteiger partial charge in [0.1, 0.15) is 0 Å². The highest BCUT2D eigenvalue weighted by Gasteiger charge is 2.16. The molecule has 20 heavy (non-hydrogen) atoms. The largest absolute Gasteiger partial charge is 0.389 e. The average Bonchev–Trinajstić information content (AvgIpc) is 2.42. The van der Waals surface area contributed by atoms with Crippen molar-refractivity contribution >= 4 is 11.6 Å². The highest BCUT2D eigenvalue weighted by Crippen LogP contribution is 2.28. The summed E-state index contributed by atoms with van der Waals surface area (Å²) in [6.07, 6.45) is 1.22. The lowest BCUT2D eigenvalue weighted by molar-refractivity contribution is -0.116. The van der Waals surface area contributed by atoms with Crippen LogP contribution in [0.2, 0.25) is 0 Å². The van der Waals surface area contributed by atoms with Crippen molar-refractivity contribution in [3.05, 3.63) is 29.3 Å². The molecule has 3 N–H and O–H groups in total. The molecular weight excluding hydrogens is 254 g/mol. The standard InChI is InChI=1S/C15H21N3O2/c1-3-4-7-18(10-15(17)20)14-8-12(9-16)5-6-13(14)11(2)19/h5-6,8,11,19H,3-4,7,10H2,1-2H3,(H2,17,20). The van der Waals surface area contributed by atoms with Gasteiger partial charge in [-0.15, -0.1) is 0 Å². The van der Waals surface area contributed by atoms with E-state index >= 15 is 0 Å². The van der Waals surface area contributed by atoms with Gasteiger partial charge in [-0.1, -0.05) is 19.4 Å². The Morgan fingerprint density at radius 3 is 2.75 bits per heavy atom. The molecule has 1 atom stereocenters. The van der Waals surface area contributed by atoms with Crippen molar-refractivity contribution in [2.45, 2.75) is 32.8 Å². The predicted molar refractivity (Wildman–Crippen MR) is 78.1 cm³/mol. The number of aliphatic hydroxyl groups excluding tert-OH is 1. The molecule has 0 saturated heterocycles. The zero-order valence-electron chi connectivity index (χ0n) is 12.0.